The van der Waals surface area contributed by atoms with E-state index in [1.54, 1.807) is 11.9 Å². The minimum absolute atomic E-state index is 0.0176. The molecule has 0 aromatic heterocycles. The van der Waals surface area contributed by atoms with Crippen LogP contribution in [0, 0.1) is 0 Å². The Morgan fingerprint density at radius 1 is 1.59 bits per heavy atom. The first-order valence-electron chi connectivity index (χ1n) is 7.12. The second-order valence-corrected chi connectivity index (χ2v) is 6.88. The molecule has 1 heterocycles. The van der Waals surface area contributed by atoms with Crippen LogP contribution in [0.5, 0.6) is 0 Å². The summed E-state index contributed by atoms with van der Waals surface area (Å²) in [5.41, 5.74) is 1.08. The van der Waals surface area contributed by atoms with Gasteiger partial charge < -0.3 is 9.84 Å². The van der Waals surface area contributed by atoms with Crippen molar-refractivity contribution in [2.24, 2.45) is 0 Å². The lowest BCUT2D eigenvalue weighted by Gasteiger charge is -2.34. The Labute approximate surface area is 143 Å². The number of carboxylic acid groups (broad SMARTS) is 1. The van der Waals surface area contributed by atoms with E-state index in [0.717, 1.165) is 34.7 Å². The lowest BCUT2D eigenvalue weighted by atomic mass is 10.2. The van der Waals surface area contributed by atoms with Crippen LogP contribution in [-0.2, 0) is 16.1 Å². The summed E-state index contributed by atoms with van der Waals surface area (Å²) in [6, 6.07) is 5.84. The minimum atomic E-state index is -0.823. The molecule has 7 heteroatoms. The van der Waals surface area contributed by atoms with Gasteiger partial charge in [0.15, 0.2) is 0 Å². The molecule has 1 aliphatic rings. The normalized spacial score (nSPS) is 19.5. The summed E-state index contributed by atoms with van der Waals surface area (Å²) in [7, 11) is 1.79. The highest BCUT2D eigenvalue weighted by atomic mass is 79.9. The van der Waals surface area contributed by atoms with Crippen molar-refractivity contribution < 1.29 is 14.6 Å². The number of hydrogen-bond acceptors (Lipinski definition) is 4. The van der Waals surface area contributed by atoms with E-state index < -0.39 is 5.97 Å². The lowest BCUT2D eigenvalue weighted by molar-refractivity contribution is -0.138. The van der Waals surface area contributed by atoms with Gasteiger partial charge in [-0.1, -0.05) is 27.5 Å². The SMILES string of the molecule is CN(CC(=O)O)CC1CN(Cc2cc(Br)ccc2Cl)CCO1. The molecule has 1 N–H and O–H groups in total. The van der Waals surface area contributed by atoms with Gasteiger partial charge in [0.1, 0.15) is 0 Å². The maximum atomic E-state index is 10.7. The van der Waals surface area contributed by atoms with Crippen molar-refractivity contribution in [3.8, 4) is 0 Å². The second-order valence-electron chi connectivity index (χ2n) is 5.55. The highest BCUT2D eigenvalue weighted by molar-refractivity contribution is 9.10. The van der Waals surface area contributed by atoms with Gasteiger partial charge in [-0.25, -0.2) is 0 Å². The third-order valence-corrected chi connectivity index (χ3v) is 4.41. The van der Waals surface area contributed by atoms with Gasteiger partial charge >= 0.3 is 5.97 Å². The number of carbonyl (C=O) groups is 1. The standard InChI is InChI=1S/C15H20BrClN2O3/c1-18(10-15(20)21)8-13-9-19(4-5-22-13)7-11-6-12(16)2-3-14(11)17/h2-3,6,13H,4-5,7-10H2,1H3,(H,20,21). The van der Waals surface area contributed by atoms with Crippen LogP contribution in [0.4, 0.5) is 0 Å². The zero-order valence-corrected chi connectivity index (χ0v) is 14.8. The van der Waals surface area contributed by atoms with Crippen molar-refractivity contribution in [1.29, 1.82) is 0 Å². The summed E-state index contributed by atoms with van der Waals surface area (Å²) in [5.74, 6) is -0.823. The first-order valence-corrected chi connectivity index (χ1v) is 8.29. The predicted octanol–water partition coefficient (Wildman–Crippen LogP) is 2.32. The number of halogens is 2. The summed E-state index contributed by atoms with van der Waals surface area (Å²) in [4.78, 5) is 14.8. The zero-order valence-electron chi connectivity index (χ0n) is 12.5. The quantitative estimate of drug-likeness (QED) is 0.806. The van der Waals surface area contributed by atoms with Crippen molar-refractivity contribution in [3.63, 3.8) is 0 Å². The van der Waals surface area contributed by atoms with Crippen molar-refractivity contribution in [2.75, 3.05) is 39.8 Å². The molecule has 1 fully saturated rings. The number of likely N-dealkylation sites (N-methyl/N-ethyl adjacent to an activating group) is 1. The molecule has 122 valence electrons. The van der Waals surface area contributed by atoms with E-state index in [1.807, 2.05) is 18.2 Å². The fourth-order valence-electron chi connectivity index (χ4n) is 2.58. The van der Waals surface area contributed by atoms with Gasteiger partial charge in [0, 0.05) is 35.7 Å². The van der Waals surface area contributed by atoms with Crippen molar-refractivity contribution in [1.82, 2.24) is 9.80 Å². The Hall–Kier alpha value is -0.660. The maximum Gasteiger partial charge on any atom is 0.317 e. The van der Waals surface area contributed by atoms with Crippen LogP contribution in [-0.4, -0.2) is 66.8 Å². The topological polar surface area (TPSA) is 53.0 Å². The molecule has 1 unspecified atom stereocenters. The predicted molar refractivity (Wildman–Crippen MR) is 89.3 cm³/mol. The molecule has 0 aliphatic carbocycles. The van der Waals surface area contributed by atoms with Gasteiger partial charge in [-0.2, -0.15) is 0 Å². The van der Waals surface area contributed by atoms with Gasteiger partial charge in [-0.15, -0.1) is 0 Å². The molecular weight excluding hydrogens is 372 g/mol. The number of carboxylic acids is 1. The highest BCUT2D eigenvalue weighted by Gasteiger charge is 2.23. The maximum absolute atomic E-state index is 10.7. The molecule has 0 saturated carbocycles. The van der Waals surface area contributed by atoms with Crippen molar-refractivity contribution in [3.05, 3.63) is 33.3 Å². The second kappa shape index (κ2) is 8.26. The van der Waals surface area contributed by atoms with Gasteiger partial charge in [-0.3, -0.25) is 14.6 Å². The van der Waals surface area contributed by atoms with E-state index in [-0.39, 0.29) is 12.6 Å². The van der Waals surface area contributed by atoms with Crippen LogP contribution in [0.15, 0.2) is 22.7 Å². The van der Waals surface area contributed by atoms with Crippen LogP contribution in [0.2, 0.25) is 5.02 Å². The molecule has 22 heavy (non-hydrogen) atoms. The number of benzene rings is 1. The van der Waals surface area contributed by atoms with Crippen LogP contribution >= 0.6 is 27.5 Å². The average Bonchev–Trinajstić information content (AvgIpc) is 2.42. The van der Waals surface area contributed by atoms with Crippen LogP contribution in [0.3, 0.4) is 0 Å². The molecular formula is C15H20BrClN2O3. The summed E-state index contributed by atoms with van der Waals surface area (Å²) < 4.78 is 6.75. The summed E-state index contributed by atoms with van der Waals surface area (Å²) in [5, 5.41) is 9.56. The lowest BCUT2D eigenvalue weighted by Crippen LogP contribution is -2.47. The molecule has 0 spiro atoms. The largest absolute Gasteiger partial charge is 0.480 e. The number of aliphatic carboxylic acids is 1. The van der Waals surface area contributed by atoms with Crippen LogP contribution in [0.1, 0.15) is 5.56 Å². The van der Waals surface area contributed by atoms with Gasteiger partial charge in [-0.05, 0) is 30.8 Å². The van der Waals surface area contributed by atoms with Gasteiger partial charge in [0.05, 0.1) is 19.3 Å². The molecule has 1 saturated heterocycles. The molecule has 1 aromatic carbocycles. The monoisotopic (exact) mass is 390 g/mol. The van der Waals surface area contributed by atoms with Crippen LogP contribution < -0.4 is 0 Å². The number of rotatable bonds is 6. The molecule has 5 nitrogen and oxygen atoms in total. The van der Waals surface area contributed by atoms with E-state index in [9.17, 15) is 4.79 Å². The fraction of sp³-hybridized carbons (Fsp3) is 0.533. The van der Waals surface area contributed by atoms with Gasteiger partial charge in [0.25, 0.3) is 0 Å². The van der Waals surface area contributed by atoms with Crippen molar-refractivity contribution in [2.45, 2.75) is 12.6 Å². The van der Waals surface area contributed by atoms with Crippen LogP contribution in [0.25, 0.3) is 0 Å². The van der Waals surface area contributed by atoms with E-state index in [4.69, 9.17) is 21.4 Å². The molecule has 0 amide bonds. The van der Waals surface area contributed by atoms with E-state index in [1.165, 1.54) is 0 Å². The smallest absolute Gasteiger partial charge is 0.317 e. The minimum Gasteiger partial charge on any atom is -0.480 e. The third-order valence-electron chi connectivity index (χ3n) is 3.55. The summed E-state index contributed by atoms with van der Waals surface area (Å²) in [6.07, 6.45) is 0.0176. The molecule has 0 radical (unpaired) electrons. The Kier molecular flexibility index (Phi) is 6.65. The highest BCUT2D eigenvalue weighted by Crippen LogP contribution is 2.23. The summed E-state index contributed by atoms with van der Waals surface area (Å²) in [6.45, 7) is 3.67. The molecule has 0 bridgehead atoms. The van der Waals surface area contributed by atoms with E-state index in [0.29, 0.717) is 13.2 Å². The molecule has 1 aromatic rings. The molecule has 1 aliphatic heterocycles. The third kappa shape index (κ3) is 5.52. The molecule has 1 atom stereocenters. The Bertz CT molecular complexity index is 530. The average molecular weight is 392 g/mol. The Balaban J connectivity index is 1.90. The zero-order chi connectivity index (χ0) is 16.1. The summed E-state index contributed by atoms with van der Waals surface area (Å²) >= 11 is 9.71. The number of morpholine rings is 1. The van der Waals surface area contributed by atoms with E-state index >= 15 is 0 Å². The molecule has 2 rings (SSSR count). The Morgan fingerprint density at radius 2 is 2.36 bits per heavy atom. The first-order chi connectivity index (χ1) is 10.4. The number of nitrogens with zero attached hydrogens (tertiary/aromatic N) is 2. The van der Waals surface area contributed by atoms with Crippen molar-refractivity contribution >= 4 is 33.5 Å². The number of hydrogen-bond donors (Lipinski definition) is 1. The number of ether oxygens (including phenoxy) is 1. The first kappa shape index (κ1) is 17.7. The van der Waals surface area contributed by atoms with E-state index in [2.05, 4.69) is 20.8 Å². The van der Waals surface area contributed by atoms with Gasteiger partial charge in [0.2, 0.25) is 0 Å². The Morgan fingerprint density at radius 3 is 3.09 bits per heavy atom. The fourth-order valence-corrected chi connectivity index (χ4v) is 3.17.